The summed E-state index contributed by atoms with van der Waals surface area (Å²) in [5.41, 5.74) is 3.34. The minimum absolute atomic E-state index is 0.0672. The van der Waals surface area contributed by atoms with Crippen LogP contribution in [0, 0.1) is 6.92 Å². The van der Waals surface area contributed by atoms with Gasteiger partial charge in [0.05, 0.1) is 22.9 Å². The van der Waals surface area contributed by atoms with Crippen LogP contribution in [0.25, 0.3) is 11.7 Å². The molecule has 37 heavy (non-hydrogen) atoms. The summed E-state index contributed by atoms with van der Waals surface area (Å²) in [6.07, 6.45) is 4.94. The minimum atomic E-state index is -0.378. The topological polar surface area (TPSA) is 75.9 Å². The number of nitrogens with zero attached hydrogens (tertiary/aromatic N) is 3. The third kappa shape index (κ3) is 6.15. The van der Waals surface area contributed by atoms with Gasteiger partial charge in [0, 0.05) is 29.9 Å². The van der Waals surface area contributed by atoms with Crippen LogP contribution in [0.5, 0.6) is 5.75 Å². The predicted molar refractivity (Wildman–Crippen MR) is 150 cm³/mol. The molecule has 10 heteroatoms. The van der Waals surface area contributed by atoms with Crippen LogP contribution in [-0.2, 0) is 16.2 Å². The lowest BCUT2D eigenvalue weighted by Crippen LogP contribution is -2.37. The molecule has 4 aromatic rings. The first-order chi connectivity index (χ1) is 17.8. The molecule has 2 aromatic carbocycles. The molecule has 0 radical (unpaired) electrons. The number of benzene rings is 2. The Morgan fingerprint density at radius 2 is 1.89 bits per heavy atom. The molecule has 0 unspecified atom stereocenters. The molecule has 2 aromatic heterocycles. The van der Waals surface area contributed by atoms with E-state index in [0.717, 1.165) is 15.9 Å². The second-order valence-corrected chi connectivity index (χ2v) is 9.65. The standard InChI is InChI=1S/C27H23BrCl2N4O3/c1-17-26(28)34-14-6-9-22(27(34)32-17)37-16-19-20(29)11-12-21(25(19)30)33(2)24(36)15-31-23(35)13-10-18-7-4-3-5-8-18/h3-14H,15-16H2,1-2H3,(H,31,35)/b13-10-. The maximum absolute atomic E-state index is 12.8. The van der Waals surface area contributed by atoms with E-state index in [1.165, 1.54) is 11.0 Å². The van der Waals surface area contributed by atoms with Crippen LogP contribution >= 0.6 is 39.1 Å². The van der Waals surface area contributed by atoms with Gasteiger partial charge < -0.3 is 15.0 Å². The van der Waals surface area contributed by atoms with Crippen molar-refractivity contribution >= 4 is 68.4 Å². The first-order valence-electron chi connectivity index (χ1n) is 11.3. The number of ether oxygens (including phenoxy) is 1. The molecule has 4 rings (SSSR count). The van der Waals surface area contributed by atoms with Gasteiger partial charge in [0.25, 0.3) is 0 Å². The first kappa shape index (κ1) is 26.7. The molecule has 7 nitrogen and oxygen atoms in total. The molecule has 1 N–H and O–H groups in total. The van der Waals surface area contributed by atoms with Crippen molar-refractivity contribution in [3.8, 4) is 5.75 Å². The summed E-state index contributed by atoms with van der Waals surface area (Å²) in [6, 6.07) is 16.4. The fraction of sp³-hybridized carbons (Fsp3) is 0.148. The first-order valence-corrected chi connectivity index (χ1v) is 12.8. The maximum atomic E-state index is 12.8. The van der Waals surface area contributed by atoms with Crippen LogP contribution in [0.3, 0.4) is 0 Å². The number of carbonyl (C=O) groups is 2. The van der Waals surface area contributed by atoms with Crippen LogP contribution in [0.4, 0.5) is 5.69 Å². The van der Waals surface area contributed by atoms with Crippen LogP contribution in [0.1, 0.15) is 16.8 Å². The maximum Gasteiger partial charge on any atom is 0.246 e. The van der Waals surface area contributed by atoms with Crippen molar-refractivity contribution in [2.24, 2.45) is 0 Å². The number of fused-ring (bicyclic) bond motifs is 1. The smallest absolute Gasteiger partial charge is 0.246 e. The summed E-state index contributed by atoms with van der Waals surface area (Å²) >= 11 is 16.6. The number of pyridine rings is 1. The van der Waals surface area contributed by atoms with Gasteiger partial charge in [-0.3, -0.25) is 14.0 Å². The van der Waals surface area contributed by atoms with E-state index in [9.17, 15) is 9.59 Å². The summed E-state index contributed by atoms with van der Waals surface area (Å²) in [6.45, 7) is 1.76. The third-order valence-electron chi connectivity index (χ3n) is 5.63. The number of aryl methyl sites for hydroxylation is 1. The van der Waals surface area contributed by atoms with Crippen LogP contribution in [-0.4, -0.2) is 34.8 Å². The summed E-state index contributed by atoms with van der Waals surface area (Å²) in [4.78, 5) is 30.8. The molecule has 0 aliphatic rings. The van der Waals surface area contributed by atoms with Gasteiger partial charge in [-0.05, 0) is 58.8 Å². The number of imidazole rings is 1. The molecule has 2 amide bonds. The lowest BCUT2D eigenvalue weighted by atomic mass is 10.2. The molecule has 0 saturated heterocycles. The zero-order valence-electron chi connectivity index (χ0n) is 20.0. The van der Waals surface area contributed by atoms with E-state index >= 15 is 0 Å². The molecule has 0 aliphatic heterocycles. The van der Waals surface area contributed by atoms with Crippen molar-refractivity contribution in [3.63, 3.8) is 0 Å². The number of rotatable bonds is 8. The quantitative estimate of drug-likeness (QED) is 0.248. The summed E-state index contributed by atoms with van der Waals surface area (Å²) in [5, 5.41) is 3.28. The summed E-state index contributed by atoms with van der Waals surface area (Å²) in [5.74, 6) is -0.165. The van der Waals surface area contributed by atoms with Crippen LogP contribution in [0.15, 0.2) is 71.5 Å². The van der Waals surface area contributed by atoms with Gasteiger partial charge in [-0.25, -0.2) is 4.98 Å². The third-order valence-corrected chi connectivity index (χ3v) is 7.36. The molecular formula is C27H23BrCl2N4O3. The van der Waals surface area contributed by atoms with E-state index in [4.69, 9.17) is 27.9 Å². The Morgan fingerprint density at radius 3 is 2.65 bits per heavy atom. The average Bonchev–Trinajstić information content (AvgIpc) is 3.20. The minimum Gasteiger partial charge on any atom is -0.485 e. The fourth-order valence-corrected chi connectivity index (χ4v) is 4.56. The number of carbonyl (C=O) groups excluding carboxylic acids is 2. The second kappa shape index (κ2) is 11.8. The van der Waals surface area contributed by atoms with E-state index in [1.807, 2.05) is 60.0 Å². The lowest BCUT2D eigenvalue weighted by Gasteiger charge is -2.21. The number of hydrogen-bond acceptors (Lipinski definition) is 4. The second-order valence-electron chi connectivity index (χ2n) is 8.12. The number of likely N-dealkylation sites (N-methyl/N-ethyl adjacent to an activating group) is 1. The average molecular weight is 602 g/mol. The van der Waals surface area contributed by atoms with E-state index in [-0.39, 0.29) is 30.0 Å². The Bertz CT molecular complexity index is 1490. The Labute approximate surface area is 232 Å². The van der Waals surface area contributed by atoms with E-state index < -0.39 is 0 Å². The molecule has 2 heterocycles. The van der Waals surface area contributed by atoms with E-state index in [0.29, 0.717) is 27.7 Å². The SMILES string of the molecule is Cc1nc2c(OCc3c(Cl)ccc(N(C)C(=O)CNC(=O)/C=C\c4ccccc4)c3Cl)cccn2c1Br. The number of anilines is 1. The van der Waals surface area contributed by atoms with Gasteiger partial charge in [-0.1, -0.05) is 53.5 Å². The normalized spacial score (nSPS) is 11.2. The molecule has 0 spiro atoms. The van der Waals surface area contributed by atoms with Gasteiger partial charge in [-0.15, -0.1) is 0 Å². The number of aromatic nitrogens is 2. The van der Waals surface area contributed by atoms with Gasteiger partial charge in [0.1, 0.15) is 11.2 Å². The van der Waals surface area contributed by atoms with Gasteiger partial charge in [0.15, 0.2) is 11.4 Å². The van der Waals surface area contributed by atoms with Crippen molar-refractivity contribution in [1.82, 2.24) is 14.7 Å². The van der Waals surface area contributed by atoms with Gasteiger partial charge in [-0.2, -0.15) is 0 Å². The van der Waals surface area contributed by atoms with Gasteiger partial charge >= 0.3 is 0 Å². The molecule has 0 atom stereocenters. The number of hydrogen-bond donors (Lipinski definition) is 1. The van der Waals surface area contributed by atoms with Crippen LogP contribution in [0.2, 0.25) is 10.0 Å². The van der Waals surface area contributed by atoms with Crippen molar-refractivity contribution in [1.29, 1.82) is 0 Å². The fourth-order valence-electron chi connectivity index (χ4n) is 3.58. The Hall–Kier alpha value is -3.33. The molecule has 0 saturated carbocycles. The van der Waals surface area contributed by atoms with Crippen LogP contribution < -0.4 is 15.0 Å². The van der Waals surface area contributed by atoms with Crippen molar-refractivity contribution in [2.75, 3.05) is 18.5 Å². The molecule has 190 valence electrons. The van der Waals surface area contributed by atoms with Crippen molar-refractivity contribution in [3.05, 3.63) is 98.3 Å². The summed E-state index contributed by atoms with van der Waals surface area (Å²) in [7, 11) is 1.58. The zero-order chi connectivity index (χ0) is 26.5. The number of halogens is 3. The Morgan fingerprint density at radius 1 is 1.14 bits per heavy atom. The lowest BCUT2D eigenvalue weighted by molar-refractivity contribution is -0.122. The molecule has 0 aliphatic carbocycles. The molecule has 0 fully saturated rings. The number of nitrogens with one attached hydrogen (secondary N) is 1. The Kier molecular flexibility index (Phi) is 8.53. The van der Waals surface area contributed by atoms with E-state index in [1.54, 1.807) is 25.3 Å². The highest BCUT2D eigenvalue weighted by Crippen LogP contribution is 2.35. The highest BCUT2D eigenvalue weighted by Gasteiger charge is 2.19. The highest BCUT2D eigenvalue weighted by atomic mass is 79.9. The predicted octanol–water partition coefficient (Wildman–Crippen LogP) is 6.08. The monoisotopic (exact) mass is 600 g/mol. The summed E-state index contributed by atoms with van der Waals surface area (Å²) < 4.78 is 8.75. The van der Waals surface area contributed by atoms with E-state index in [2.05, 4.69) is 26.2 Å². The van der Waals surface area contributed by atoms with Gasteiger partial charge in [0.2, 0.25) is 11.8 Å². The van der Waals surface area contributed by atoms with Crippen molar-refractivity contribution in [2.45, 2.75) is 13.5 Å². The van der Waals surface area contributed by atoms with Crippen molar-refractivity contribution < 1.29 is 14.3 Å². The highest BCUT2D eigenvalue weighted by molar-refractivity contribution is 9.10. The zero-order valence-corrected chi connectivity index (χ0v) is 23.1. The number of amides is 2. The molecular weight excluding hydrogens is 579 g/mol. The molecule has 0 bridgehead atoms. The Balaban J connectivity index is 1.43. The largest absolute Gasteiger partial charge is 0.485 e.